The van der Waals surface area contributed by atoms with Crippen molar-refractivity contribution in [3.05, 3.63) is 12.2 Å². The van der Waals surface area contributed by atoms with E-state index in [9.17, 15) is 19.8 Å². The Morgan fingerprint density at radius 2 is 1.90 bits per heavy atom. The molecule has 0 amide bonds. The maximum atomic E-state index is 12.3. The summed E-state index contributed by atoms with van der Waals surface area (Å²) in [5, 5.41) is 29.5. The van der Waals surface area contributed by atoms with Gasteiger partial charge in [0, 0.05) is 24.7 Å². The number of hydrogen-bond donors (Lipinski definition) is 3. The Hall–Kier alpha value is -1.04. The minimum Gasteiger partial charge on any atom is -0.392 e. The smallest absolute Gasteiger partial charge is 0.158 e. The van der Waals surface area contributed by atoms with Crippen molar-refractivity contribution in [1.82, 2.24) is 0 Å². The summed E-state index contributed by atoms with van der Waals surface area (Å²) >= 11 is 0. The van der Waals surface area contributed by atoms with E-state index < -0.39 is 12.2 Å². The van der Waals surface area contributed by atoms with Gasteiger partial charge >= 0.3 is 0 Å². The largest absolute Gasteiger partial charge is 0.392 e. The number of ketones is 2. The fraction of sp³-hybridized carbons (Fsp3) is 0.833. The van der Waals surface area contributed by atoms with Gasteiger partial charge in [0.1, 0.15) is 12.4 Å². The standard InChI is InChI=1S/C24H42O5/c1-4-5-15-24(2,3)23(29)14-10-13-20-19(21(27)16-22(20)28)12-9-7-6-8-11-18(26)17-25/h10,13,19-20,22-23,25,28-29H,4-9,11-12,14-17H2,1-3H3/b13-10+/t19-,20-,22-,23?/m1/s1. The normalized spacial score (nSPS) is 23.8. The number of unbranched alkanes of at least 4 members (excludes halogenated alkanes) is 4. The molecule has 1 rings (SSSR count). The summed E-state index contributed by atoms with van der Waals surface area (Å²) in [6, 6.07) is 0. The first-order chi connectivity index (χ1) is 13.7. The Morgan fingerprint density at radius 1 is 1.21 bits per heavy atom. The van der Waals surface area contributed by atoms with Crippen LogP contribution in [0.15, 0.2) is 12.2 Å². The zero-order valence-corrected chi connectivity index (χ0v) is 18.6. The van der Waals surface area contributed by atoms with E-state index >= 15 is 0 Å². The molecule has 168 valence electrons. The van der Waals surface area contributed by atoms with Crippen molar-refractivity contribution < 1.29 is 24.9 Å². The van der Waals surface area contributed by atoms with Crippen LogP contribution in [-0.4, -0.2) is 45.7 Å². The van der Waals surface area contributed by atoms with E-state index in [1.807, 2.05) is 12.2 Å². The van der Waals surface area contributed by atoms with Crippen LogP contribution in [-0.2, 0) is 9.59 Å². The van der Waals surface area contributed by atoms with Crippen LogP contribution in [0.3, 0.4) is 0 Å². The second-order valence-electron chi connectivity index (χ2n) is 9.34. The summed E-state index contributed by atoms with van der Waals surface area (Å²) in [6.45, 7) is 5.95. The van der Waals surface area contributed by atoms with Crippen LogP contribution >= 0.6 is 0 Å². The average Bonchev–Trinajstić information content (AvgIpc) is 2.95. The molecule has 1 saturated carbocycles. The monoisotopic (exact) mass is 410 g/mol. The topological polar surface area (TPSA) is 94.8 Å². The van der Waals surface area contributed by atoms with E-state index in [1.54, 1.807) is 0 Å². The SMILES string of the molecule is CCCCC(C)(C)C(O)C/C=C/[C@H]1[C@H](O)CC(=O)[C@@H]1CCCCCCC(=O)CO. The van der Waals surface area contributed by atoms with Crippen molar-refractivity contribution in [3.8, 4) is 0 Å². The molecule has 0 bridgehead atoms. The van der Waals surface area contributed by atoms with Gasteiger partial charge in [0.05, 0.1) is 12.2 Å². The lowest BCUT2D eigenvalue weighted by Crippen LogP contribution is -2.28. The molecule has 1 fully saturated rings. The van der Waals surface area contributed by atoms with Crippen molar-refractivity contribution >= 4 is 11.6 Å². The summed E-state index contributed by atoms with van der Waals surface area (Å²) in [5.74, 6) is -0.300. The number of rotatable bonds is 15. The Morgan fingerprint density at radius 3 is 2.55 bits per heavy atom. The molecular formula is C24H42O5. The van der Waals surface area contributed by atoms with E-state index in [4.69, 9.17) is 5.11 Å². The highest BCUT2D eigenvalue weighted by molar-refractivity contribution is 5.84. The molecular weight excluding hydrogens is 368 g/mol. The van der Waals surface area contributed by atoms with E-state index in [-0.39, 0.29) is 41.8 Å². The van der Waals surface area contributed by atoms with E-state index in [2.05, 4.69) is 20.8 Å². The van der Waals surface area contributed by atoms with Gasteiger partial charge in [0.15, 0.2) is 5.78 Å². The molecule has 0 aromatic rings. The highest BCUT2D eigenvalue weighted by Crippen LogP contribution is 2.35. The van der Waals surface area contributed by atoms with Crippen molar-refractivity contribution in [3.63, 3.8) is 0 Å². The maximum absolute atomic E-state index is 12.3. The van der Waals surface area contributed by atoms with Crippen LogP contribution in [0.1, 0.15) is 91.4 Å². The second kappa shape index (κ2) is 13.3. The first kappa shape index (κ1) is 26.0. The molecule has 1 unspecified atom stereocenters. The van der Waals surface area contributed by atoms with Gasteiger partial charge in [-0.25, -0.2) is 0 Å². The third-order valence-electron chi connectivity index (χ3n) is 6.42. The third-order valence-corrected chi connectivity index (χ3v) is 6.42. The zero-order chi connectivity index (χ0) is 21.9. The van der Waals surface area contributed by atoms with Gasteiger partial charge in [-0.05, 0) is 31.1 Å². The number of carbonyl (C=O) groups excluding carboxylic acids is 2. The van der Waals surface area contributed by atoms with Crippen molar-refractivity contribution in [2.75, 3.05) is 6.61 Å². The predicted molar refractivity (Wildman–Crippen MR) is 115 cm³/mol. The second-order valence-corrected chi connectivity index (χ2v) is 9.34. The average molecular weight is 411 g/mol. The number of carbonyl (C=O) groups is 2. The number of aliphatic hydroxyl groups is 3. The van der Waals surface area contributed by atoms with Gasteiger partial charge in [-0.2, -0.15) is 0 Å². The quantitative estimate of drug-likeness (QED) is 0.280. The van der Waals surface area contributed by atoms with Crippen molar-refractivity contribution in [2.45, 2.75) is 104 Å². The molecule has 0 spiro atoms. The predicted octanol–water partition coefficient (Wildman–Crippen LogP) is 3.98. The summed E-state index contributed by atoms with van der Waals surface area (Å²) in [7, 11) is 0. The lowest BCUT2D eigenvalue weighted by Gasteiger charge is -2.30. The number of hydrogen-bond acceptors (Lipinski definition) is 5. The molecule has 0 saturated heterocycles. The first-order valence-electron chi connectivity index (χ1n) is 11.4. The first-order valence-corrected chi connectivity index (χ1v) is 11.4. The van der Waals surface area contributed by atoms with Crippen LogP contribution in [0.5, 0.6) is 0 Å². The molecule has 0 radical (unpaired) electrons. The summed E-state index contributed by atoms with van der Waals surface area (Å²) in [6.07, 6.45) is 11.5. The van der Waals surface area contributed by atoms with Crippen LogP contribution in [0.4, 0.5) is 0 Å². The highest BCUT2D eigenvalue weighted by Gasteiger charge is 2.39. The number of Topliss-reactive ketones (excluding diaryl/α,β-unsaturated/α-hetero) is 2. The van der Waals surface area contributed by atoms with Gasteiger partial charge in [-0.15, -0.1) is 0 Å². The summed E-state index contributed by atoms with van der Waals surface area (Å²) in [5.41, 5.74) is -0.138. The van der Waals surface area contributed by atoms with Crippen LogP contribution < -0.4 is 0 Å². The molecule has 5 nitrogen and oxygen atoms in total. The van der Waals surface area contributed by atoms with Gasteiger partial charge in [0.2, 0.25) is 0 Å². The fourth-order valence-corrected chi connectivity index (χ4v) is 4.19. The minimum atomic E-state index is -0.629. The van der Waals surface area contributed by atoms with Crippen molar-refractivity contribution in [1.29, 1.82) is 0 Å². The van der Waals surface area contributed by atoms with Crippen molar-refractivity contribution in [2.24, 2.45) is 17.3 Å². The van der Waals surface area contributed by atoms with Gasteiger partial charge in [-0.3, -0.25) is 9.59 Å². The lowest BCUT2D eigenvalue weighted by atomic mass is 9.80. The fourth-order valence-electron chi connectivity index (χ4n) is 4.19. The minimum absolute atomic E-state index is 0.121. The number of aliphatic hydroxyl groups excluding tert-OH is 3. The molecule has 3 N–H and O–H groups in total. The third kappa shape index (κ3) is 9.10. The Bertz CT molecular complexity index is 525. The Kier molecular flexibility index (Phi) is 11.9. The van der Waals surface area contributed by atoms with E-state index in [0.29, 0.717) is 12.8 Å². The van der Waals surface area contributed by atoms with Crippen LogP contribution in [0.2, 0.25) is 0 Å². The lowest BCUT2D eigenvalue weighted by molar-refractivity contribution is -0.122. The van der Waals surface area contributed by atoms with E-state index in [1.165, 1.54) is 0 Å². The molecule has 0 aliphatic heterocycles. The Labute approximate surface area is 176 Å². The van der Waals surface area contributed by atoms with E-state index in [0.717, 1.165) is 51.4 Å². The highest BCUT2D eigenvalue weighted by atomic mass is 16.3. The van der Waals surface area contributed by atoms with Crippen LogP contribution in [0.25, 0.3) is 0 Å². The van der Waals surface area contributed by atoms with Crippen LogP contribution in [0, 0.1) is 17.3 Å². The summed E-state index contributed by atoms with van der Waals surface area (Å²) < 4.78 is 0. The molecule has 0 heterocycles. The summed E-state index contributed by atoms with van der Waals surface area (Å²) in [4.78, 5) is 23.4. The van der Waals surface area contributed by atoms with Gasteiger partial charge in [-0.1, -0.05) is 65.0 Å². The molecule has 4 atom stereocenters. The van der Waals surface area contributed by atoms with Gasteiger partial charge in [0.25, 0.3) is 0 Å². The molecule has 5 heteroatoms. The molecule has 1 aliphatic rings. The Balaban J connectivity index is 2.46. The van der Waals surface area contributed by atoms with Gasteiger partial charge < -0.3 is 15.3 Å². The molecule has 0 aromatic carbocycles. The maximum Gasteiger partial charge on any atom is 0.158 e. The molecule has 29 heavy (non-hydrogen) atoms. The molecule has 0 aromatic heterocycles. The molecule has 1 aliphatic carbocycles. The zero-order valence-electron chi connectivity index (χ0n) is 18.6.